The molecule has 0 fully saturated rings. The smallest absolute Gasteiger partial charge is 0.312 e. The minimum absolute atomic E-state index is 0.441. The second-order valence-corrected chi connectivity index (χ2v) is 6.19. The van der Waals surface area contributed by atoms with Gasteiger partial charge in [-0.3, -0.25) is 4.79 Å². The molecule has 20 heavy (non-hydrogen) atoms. The van der Waals surface area contributed by atoms with Crippen molar-refractivity contribution in [3.63, 3.8) is 0 Å². The molecular formula is C15H16N2O2S. The molecule has 2 N–H and O–H groups in total. The summed E-state index contributed by atoms with van der Waals surface area (Å²) in [5.74, 6) is -1.21. The Bertz CT molecular complexity index is 634. The quantitative estimate of drug-likeness (QED) is 0.904. The monoisotopic (exact) mass is 288 g/mol. The first kappa shape index (κ1) is 13.1. The van der Waals surface area contributed by atoms with Crippen LogP contribution < -0.4 is 5.32 Å². The van der Waals surface area contributed by atoms with Crippen molar-refractivity contribution >= 4 is 28.1 Å². The highest BCUT2D eigenvalue weighted by Crippen LogP contribution is 2.37. The van der Waals surface area contributed by atoms with Gasteiger partial charge < -0.3 is 10.4 Å². The van der Waals surface area contributed by atoms with Crippen molar-refractivity contribution < 1.29 is 9.90 Å². The molecule has 1 heterocycles. The van der Waals surface area contributed by atoms with E-state index >= 15 is 0 Å². The number of anilines is 2. The van der Waals surface area contributed by atoms with E-state index in [1.807, 2.05) is 31.2 Å². The van der Waals surface area contributed by atoms with Crippen molar-refractivity contribution in [3.8, 4) is 0 Å². The largest absolute Gasteiger partial charge is 0.481 e. The summed E-state index contributed by atoms with van der Waals surface area (Å²) in [7, 11) is 0. The summed E-state index contributed by atoms with van der Waals surface area (Å²) in [4.78, 5) is 16.9. The number of carboxylic acids is 1. The van der Waals surface area contributed by atoms with E-state index in [2.05, 4.69) is 10.3 Å². The molecule has 1 atom stereocenters. The lowest BCUT2D eigenvalue weighted by molar-refractivity contribution is -0.139. The van der Waals surface area contributed by atoms with E-state index in [4.69, 9.17) is 0 Å². The number of fused-ring (bicyclic) bond motifs is 1. The van der Waals surface area contributed by atoms with Gasteiger partial charge in [0.05, 0.1) is 5.69 Å². The molecular weight excluding hydrogens is 272 g/mol. The van der Waals surface area contributed by atoms with Crippen LogP contribution in [0.1, 0.15) is 34.9 Å². The van der Waals surface area contributed by atoms with Crippen LogP contribution in [0.25, 0.3) is 0 Å². The number of hydrogen-bond acceptors (Lipinski definition) is 4. The van der Waals surface area contributed by atoms with Crippen LogP contribution >= 0.6 is 11.3 Å². The number of aryl methyl sites for hydroxylation is 2. The molecule has 1 aromatic heterocycles. The lowest BCUT2D eigenvalue weighted by Crippen LogP contribution is -2.17. The summed E-state index contributed by atoms with van der Waals surface area (Å²) in [5.41, 5.74) is 2.94. The predicted molar refractivity (Wildman–Crippen MR) is 79.9 cm³/mol. The highest BCUT2D eigenvalue weighted by Gasteiger charge is 2.29. The zero-order chi connectivity index (χ0) is 14.1. The minimum Gasteiger partial charge on any atom is -0.481 e. The summed E-state index contributed by atoms with van der Waals surface area (Å²) in [6.07, 6.45) is 2.55. The molecule has 5 heteroatoms. The van der Waals surface area contributed by atoms with Gasteiger partial charge in [0.25, 0.3) is 0 Å². The van der Waals surface area contributed by atoms with Gasteiger partial charge >= 0.3 is 5.97 Å². The molecule has 0 saturated carbocycles. The maximum absolute atomic E-state index is 11.3. The molecule has 1 aliphatic rings. The van der Waals surface area contributed by atoms with E-state index in [0.717, 1.165) is 34.2 Å². The zero-order valence-electron chi connectivity index (χ0n) is 11.2. The van der Waals surface area contributed by atoms with E-state index < -0.39 is 11.9 Å². The summed E-state index contributed by atoms with van der Waals surface area (Å²) in [5, 5.41) is 13.3. The first-order chi connectivity index (χ1) is 9.63. The van der Waals surface area contributed by atoms with Gasteiger partial charge in [-0.2, -0.15) is 0 Å². The van der Waals surface area contributed by atoms with Crippen molar-refractivity contribution in [2.24, 2.45) is 0 Å². The molecule has 0 spiro atoms. The van der Waals surface area contributed by atoms with Crippen molar-refractivity contribution in [1.82, 2.24) is 4.98 Å². The number of carbonyl (C=O) groups is 1. The van der Waals surface area contributed by atoms with Crippen molar-refractivity contribution in [1.29, 1.82) is 0 Å². The van der Waals surface area contributed by atoms with Gasteiger partial charge in [-0.15, -0.1) is 11.3 Å². The van der Waals surface area contributed by atoms with Crippen molar-refractivity contribution in [2.45, 2.75) is 32.1 Å². The maximum Gasteiger partial charge on any atom is 0.312 e. The molecule has 1 aliphatic carbocycles. The molecule has 0 aliphatic heterocycles. The van der Waals surface area contributed by atoms with E-state index in [9.17, 15) is 9.90 Å². The van der Waals surface area contributed by atoms with Gasteiger partial charge in [0.15, 0.2) is 5.13 Å². The molecule has 4 nitrogen and oxygen atoms in total. The Morgan fingerprint density at radius 1 is 1.40 bits per heavy atom. The average molecular weight is 288 g/mol. The number of aliphatic carboxylic acids is 1. The van der Waals surface area contributed by atoms with Crippen molar-refractivity contribution in [3.05, 3.63) is 40.4 Å². The van der Waals surface area contributed by atoms with E-state index in [0.29, 0.717) is 6.42 Å². The molecule has 0 radical (unpaired) electrons. The van der Waals surface area contributed by atoms with E-state index in [-0.39, 0.29) is 0 Å². The second kappa shape index (κ2) is 5.25. The molecule has 0 bridgehead atoms. The number of thiazole rings is 1. The number of nitrogens with one attached hydrogen (secondary N) is 1. The average Bonchev–Trinajstić information content (AvgIpc) is 2.83. The summed E-state index contributed by atoms with van der Waals surface area (Å²) in [6.45, 7) is 2.04. The highest BCUT2D eigenvalue weighted by molar-refractivity contribution is 7.15. The number of nitrogens with zero attached hydrogens (tertiary/aromatic N) is 1. The van der Waals surface area contributed by atoms with Crippen LogP contribution in [-0.2, 0) is 11.2 Å². The van der Waals surface area contributed by atoms with Crippen LogP contribution in [0.3, 0.4) is 0 Å². The number of benzene rings is 1. The molecule has 0 saturated heterocycles. The first-order valence-electron chi connectivity index (χ1n) is 6.69. The zero-order valence-corrected chi connectivity index (χ0v) is 12.0. The Kier molecular flexibility index (Phi) is 3.44. The Labute approximate surface area is 121 Å². The van der Waals surface area contributed by atoms with Gasteiger partial charge in [0.2, 0.25) is 0 Å². The van der Waals surface area contributed by atoms with Crippen LogP contribution in [0.2, 0.25) is 0 Å². The molecule has 1 unspecified atom stereocenters. The SMILES string of the molecule is Cc1ccc(Nc2nc3c(s2)CCCC3C(=O)O)cc1. The van der Waals surface area contributed by atoms with Crippen LogP contribution in [0, 0.1) is 6.92 Å². The molecule has 0 amide bonds. The van der Waals surface area contributed by atoms with Crippen LogP contribution in [-0.4, -0.2) is 16.1 Å². The Morgan fingerprint density at radius 3 is 2.85 bits per heavy atom. The normalized spacial score (nSPS) is 17.6. The number of rotatable bonds is 3. The third-order valence-corrected chi connectivity index (χ3v) is 4.60. The molecule has 1 aromatic carbocycles. The van der Waals surface area contributed by atoms with Crippen molar-refractivity contribution in [2.75, 3.05) is 5.32 Å². The van der Waals surface area contributed by atoms with Gasteiger partial charge in [0.1, 0.15) is 5.92 Å². The second-order valence-electron chi connectivity index (χ2n) is 5.10. The predicted octanol–water partition coefficient (Wildman–Crippen LogP) is 3.70. The molecule has 104 valence electrons. The van der Waals surface area contributed by atoms with Gasteiger partial charge in [-0.25, -0.2) is 4.98 Å². The third kappa shape index (κ3) is 2.54. The number of aromatic nitrogens is 1. The van der Waals surface area contributed by atoms with Gasteiger partial charge in [0, 0.05) is 10.6 Å². The fourth-order valence-electron chi connectivity index (χ4n) is 2.47. The van der Waals surface area contributed by atoms with Crippen LogP contribution in [0.5, 0.6) is 0 Å². The maximum atomic E-state index is 11.3. The summed E-state index contributed by atoms with van der Waals surface area (Å²) >= 11 is 1.57. The standard InChI is InChI=1S/C15H16N2O2S/c1-9-5-7-10(8-6-9)16-15-17-13-11(14(18)19)3-2-4-12(13)20-15/h5-8,11H,2-4H2,1H3,(H,16,17)(H,18,19). The highest BCUT2D eigenvalue weighted by atomic mass is 32.1. The summed E-state index contributed by atoms with van der Waals surface area (Å²) < 4.78 is 0. The van der Waals surface area contributed by atoms with E-state index in [1.54, 1.807) is 11.3 Å². The number of hydrogen-bond donors (Lipinski definition) is 2. The summed E-state index contributed by atoms with van der Waals surface area (Å²) in [6, 6.07) is 8.08. The fraction of sp³-hybridized carbons (Fsp3) is 0.333. The third-order valence-electron chi connectivity index (χ3n) is 3.56. The fourth-order valence-corrected chi connectivity index (χ4v) is 3.56. The topological polar surface area (TPSA) is 62.2 Å². The Hall–Kier alpha value is -1.88. The lowest BCUT2D eigenvalue weighted by Gasteiger charge is -2.16. The molecule has 2 aromatic rings. The lowest BCUT2D eigenvalue weighted by atomic mass is 9.91. The first-order valence-corrected chi connectivity index (χ1v) is 7.51. The minimum atomic E-state index is -0.766. The molecule has 3 rings (SSSR count). The van der Waals surface area contributed by atoms with E-state index in [1.165, 1.54) is 5.56 Å². The van der Waals surface area contributed by atoms with Gasteiger partial charge in [-0.1, -0.05) is 17.7 Å². The van der Waals surface area contributed by atoms with Gasteiger partial charge in [-0.05, 0) is 38.3 Å². The number of carboxylic acid groups (broad SMARTS) is 1. The van der Waals surface area contributed by atoms with Crippen LogP contribution in [0.4, 0.5) is 10.8 Å². The van der Waals surface area contributed by atoms with Crippen LogP contribution in [0.15, 0.2) is 24.3 Å². The Balaban J connectivity index is 1.85. The Morgan fingerprint density at radius 2 is 2.15 bits per heavy atom.